The minimum Gasteiger partial charge on any atom is -0.370 e. The van der Waals surface area contributed by atoms with Crippen molar-refractivity contribution in [2.45, 2.75) is 18.6 Å². The Morgan fingerprint density at radius 2 is 1.78 bits per heavy atom. The van der Waals surface area contributed by atoms with Crippen LogP contribution in [0.2, 0.25) is 0 Å². The molecule has 106 valence electrons. The topological polar surface area (TPSA) is 75.6 Å². The van der Waals surface area contributed by atoms with Crippen LogP contribution in [0.1, 0.15) is 6.42 Å². The van der Waals surface area contributed by atoms with Gasteiger partial charge >= 0.3 is 6.18 Å². The normalized spacial score (nSPS) is 20.9. The number of hydrogen-bond donors (Lipinski definition) is 2. The van der Waals surface area contributed by atoms with Gasteiger partial charge in [0.05, 0.1) is 6.54 Å². The van der Waals surface area contributed by atoms with E-state index in [4.69, 9.17) is 11.5 Å². The molecule has 5 nitrogen and oxygen atoms in total. The van der Waals surface area contributed by atoms with Gasteiger partial charge in [0.15, 0.2) is 0 Å². The van der Waals surface area contributed by atoms with Crippen LogP contribution in [-0.4, -0.2) is 67.2 Å². The lowest BCUT2D eigenvalue weighted by Gasteiger charge is -2.38. The highest BCUT2D eigenvalue weighted by molar-refractivity contribution is 5.74. The standard InChI is InChI=1S/C10H19F3N4O/c11-10(12,13)7-16-1-3-17(4-2-16)8(6-14)5-9(15)18/h8H,1-7,14H2,(H2,15,18). The van der Waals surface area contributed by atoms with Gasteiger partial charge < -0.3 is 11.5 Å². The molecule has 1 rings (SSSR count). The summed E-state index contributed by atoms with van der Waals surface area (Å²) >= 11 is 0. The number of halogens is 3. The van der Waals surface area contributed by atoms with Crippen LogP contribution in [0.3, 0.4) is 0 Å². The first-order valence-electron chi connectivity index (χ1n) is 5.83. The molecule has 0 radical (unpaired) electrons. The van der Waals surface area contributed by atoms with Crippen LogP contribution in [0.25, 0.3) is 0 Å². The van der Waals surface area contributed by atoms with E-state index in [1.807, 2.05) is 4.90 Å². The van der Waals surface area contributed by atoms with Crippen molar-refractivity contribution in [3.63, 3.8) is 0 Å². The molecular formula is C10H19F3N4O. The summed E-state index contributed by atoms with van der Waals surface area (Å²) in [6.07, 6.45) is -4.02. The zero-order valence-electron chi connectivity index (χ0n) is 10.1. The molecule has 1 aliphatic heterocycles. The highest BCUT2D eigenvalue weighted by Crippen LogP contribution is 2.18. The number of alkyl halides is 3. The first-order valence-corrected chi connectivity index (χ1v) is 5.83. The Morgan fingerprint density at radius 1 is 1.22 bits per heavy atom. The maximum absolute atomic E-state index is 12.2. The second-order valence-electron chi connectivity index (χ2n) is 4.49. The molecule has 0 aromatic carbocycles. The van der Waals surface area contributed by atoms with Crippen LogP contribution >= 0.6 is 0 Å². The van der Waals surface area contributed by atoms with Gasteiger partial charge in [-0.2, -0.15) is 13.2 Å². The average Bonchev–Trinajstić information content (AvgIpc) is 2.24. The number of primary amides is 1. The molecule has 1 amide bonds. The maximum Gasteiger partial charge on any atom is 0.401 e. The number of rotatable bonds is 5. The van der Waals surface area contributed by atoms with Gasteiger partial charge in [0.25, 0.3) is 0 Å². The third-order valence-electron chi connectivity index (χ3n) is 3.04. The highest BCUT2D eigenvalue weighted by Gasteiger charge is 2.33. The van der Waals surface area contributed by atoms with Gasteiger partial charge in [-0.25, -0.2) is 0 Å². The van der Waals surface area contributed by atoms with Crippen LogP contribution in [0.5, 0.6) is 0 Å². The average molecular weight is 268 g/mol. The van der Waals surface area contributed by atoms with Crippen LogP contribution in [0.15, 0.2) is 0 Å². The van der Waals surface area contributed by atoms with Crippen molar-refractivity contribution in [2.75, 3.05) is 39.3 Å². The molecule has 0 bridgehead atoms. The summed E-state index contributed by atoms with van der Waals surface area (Å²) in [6.45, 7) is 1.01. The molecule has 0 spiro atoms. The number of hydrogen-bond acceptors (Lipinski definition) is 4. The molecular weight excluding hydrogens is 249 g/mol. The molecule has 0 saturated carbocycles. The predicted molar refractivity (Wildman–Crippen MR) is 60.7 cm³/mol. The van der Waals surface area contributed by atoms with Crippen molar-refractivity contribution in [3.8, 4) is 0 Å². The zero-order chi connectivity index (χ0) is 13.8. The number of nitrogens with two attached hydrogens (primary N) is 2. The lowest BCUT2D eigenvalue weighted by atomic mass is 10.1. The second-order valence-corrected chi connectivity index (χ2v) is 4.49. The maximum atomic E-state index is 12.2. The van der Waals surface area contributed by atoms with Crippen molar-refractivity contribution >= 4 is 5.91 Å². The van der Waals surface area contributed by atoms with E-state index in [1.54, 1.807) is 0 Å². The van der Waals surface area contributed by atoms with Gasteiger partial charge in [-0.05, 0) is 0 Å². The molecule has 1 unspecified atom stereocenters. The SMILES string of the molecule is NCC(CC(N)=O)N1CCN(CC(F)(F)F)CC1. The fourth-order valence-electron chi connectivity index (χ4n) is 2.13. The number of carbonyl (C=O) groups is 1. The van der Waals surface area contributed by atoms with Crippen molar-refractivity contribution < 1.29 is 18.0 Å². The molecule has 1 atom stereocenters. The third-order valence-corrected chi connectivity index (χ3v) is 3.04. The fraction of sp³-hybridized carbons (Fsp3) is 0.900. The quantitative estimate of drug-likeness (QED) is 0.696. The Kier molecular flexibility index (Phi) is 5.36. The summed E-state index contributed by atoms with van der Waals surface area (Å²) in [5, 5.41) is 0. The fourth-order valence-corrected chi connectivity index (χ4v) is 2.13. The van der Waals surface area contributed by atoms with E-state index in [0.717, 1.165) is 0 Å². The van der Waals surface area contributed by atoms with Gasteiger partial charge in [0.1, 0.15) is 0 Å². The molecule has 18 heavy (non-hydrogen) atoms. The summed E-state index contributed by atoms with van der Waals surface area (Å²) in [5.74, 6) is -0.442. The van der Waals surface area contributed by atoms with Gasteiger partial charge in [-0.15, -0.1) is 0 Å². The number of piperazine rings is 1. The Morgan fingerprint density at radius 3 is 2.17 bits per heavy atom. The summed E-state index contributed by atoms with van der Waals surface area (Å²) in [5.41, 5.74) is 10.7. The first-order chi connectivity index (χ1) is 8.31. The minimum atomic E-state index is -4.16. The van der Waals surface area contributed by atoms with Crippen LogP contribution in [0.4, 0.5) is 13.2 Å². The number of amides is 1. The molecule has 4 N–H and O–H groups in total. The third kappa shape index (κ3) is 5.19. The highest BCUT2D eigenvalue weighted by atomic mass is 19.4. The molecule has 1 aliphatic rings. The lowest BCUT2D eigenvalue weighted by Crippen LogP contribution is -2.54. The molecule has 1 saturated heterocycles. The van der Waals surface area contributed by atoms with E-state index < -0.39 is 18.6 Å². The Hall–Kier alpha value is -0.860. The number of carbonyl (C=O) groups excluding carboxylic acids is 1. The van der Waals surface area contributed by atoms with E-state index >= 15 is 0 Å². The molecule has 0 aromatic rings. The monoisotopic (exact) mass is 268 g/mol. The van der Waals surface area contributed by atoms with Gasteiger partial charge in [-0.1, -0.05) is 0 Å². The summed E-state index contributed by atoms with van der Waals surface area (Å²) in [4.78, 5) is 14.1. The van der Waals surface area contributed by atoms with Crippen molar-refractivity contribution in [1.82, 2.24) is 9.80 Å². The summed E-state index contributed by atoms with van der Waals surface area (Å²) in [7, 11) is 0. The largest absolute Gasteiger partial charge is 0.401 e. The Balaban J connectivity index is 2.40. The van der Waals surface area contributed by atoms with E-state index in [2.05, 4.69) is 0 Å². The van der Waals surface area contributed by atoms with E-state index in [1.165, 1.54) is 4.90 Å². The molecule has 1 heterocycles. The van der Waals surface area contributed by atoms with Gasteiger partial charge in [-0.3, -0.25) is 14.6 Å². The summed E-state index contributed by atoms with van der Waals surface area (Å²) in [6, 6.07) is -0.171. The smallest absolute Gasteiger partial charge is 0.370 e. The summed E-state index contributed by atoms with van der Waals surface area (Å²) < 4.78 is 36.6. The lowest BCUT2D eigenvalue weighted by molar-refractivity contribution is -0.149. The minimum absolute atomic E-state index is 0.149. The number of nitrogens with zero attached hydrogens (tertiary/aromatic N) is 2. The van der Waals surface area contributed by atoms with E-state index in [9.17, 15) is 18.0 Å². The molecule has 1 fully saturated rings. The van der Waals surface area contributed by atoms with Crippen LogP contribution in [0, 0.1) is 0 Å². The van der Waals surface area contributed by atoms with Crippen LogP contribution < -0.4 is 11.5 Å². The molecule has 0 aliphatic carbocycles. The van der Waals surface area contributed by atoms with Gasteiger partial charge in [0.2, 0.25) is 5.91 Å². The molecule has 0 aromatic heterocycles. The second kappa shape index (κ2) is 6.35. The van der Waals surface area contributed by atoms with E-state index in [-0.39, 0.29) is 19.0 Å². The Labute approximate surface area is 104 Å². The zero-order valence-corrected chi connectivity index (χ0v) is 10.1. The Bertz CT molecular complexity index is 277. The van der Waals surface area contributed by atoms with Crippen LogP contribution in [-0.2, 0) is 4.79 Å². The predicted octanol–water partition coefficient (Wildman–Crippen LogP) is -0.631. The van der Waals surface area contributed by atoms with Crippen molar-refractivity contribution in [1.29, 1.82) is 0 Å². The van der Waals surface area contributed by atoms with Crippen molar-refractivity contribution in [3.05, 3.63) is 0 Å². The molecule has 8 heteroatoms. The van der Waals surface area contributed by atoms with E-state index in [0.29, 0.717) is 26.2 Å². The van der Waals surface area contributed by atoms with Crippen molar-refractivity contribution in [2.24, 2.45) is 11.5 Å². The first kappa shape index (κ1) is 15.2. The van der Waals surface area contributed by atoms with Gasteiger partial charge in [0, 0.05) is 45.2 Å².